The molecule has 2 N–H and O–H groups in total. The summed E-state index contributed by atoms with van der Waals surface area (Å²) < 4.78 is 13.1. The van der Waals surface area contributed by atoms with Crippen molar-refractivity contribution >= 4 is 11.9 Å². The smallest absolute Gasteiger partial charge is 0.324 e. The number of hydrogen-bond donors (Lipinski definition) is 2. The van der Waals surface area contributed by atoms with Gasteiger partial charge in [-0.1, -0.05) is 12.1 Å². The molecule has 20 heavy (non-hydrogen) atoms. The quantitative estimate of drug-likeness (QED) is 0.611. The number of carbonyl (C=O) groups excluding carboxylic acids is 2. The van der Waals surface area contributed by atoms with Gasteiger partial charge >= 0.3 is 6.03 Å². The lowest BCUT2D eigenvalue weighted by atomic mass is 10.1. The molecule has 0 aliphatic carbocycles. The van der Waals surface area contributed by atoms with Gasteiger partial charge in [0.1, 0.15) is 5.82 Å². The monoisotopic (exact) mass is 279 g/mol. The molecule has 1 saturated heterocycles. The summed E-state index contributed by atoms with van der Waals surface area (Å²) >= 11 is 0. The molecule has 0 saturated carbocycles. The molecule has 0 radical (unpaired) electrons. The highest BCUT2D eigenvalue weighted by atomic mass is 19.1. The molecule has 1 atom stereocenters. The van der Waals surface area contributed by atoms with Crippen LogP contribution in [0.3, 0.4) is 0 Å². The van der Waals surface area contributed by atoms with Crippen LogP contribution in [0.5, 0.6) is 0 Å². The van der Waals surface area contributed by atoms with Crippen molar-refractivity contribution < 1.29 is 14.0 Å². The largest absolute Gasteiger partial charge is 0.329 e. The molecule has 6 heteroatoms. The van der Waals surface area contributed by atoms with E-state index < -0.39 is 0 Å². The standard InChI is InChI=1S/C14H18FN3O2/c1-10(11-4-2-5-12(15)8-11)16-6-3-7-18-13(19)9-17-14(18)20/h2,4-5,8,10,16H,3,6-7,9H2,1H3,(H,17,20)/t10-/m1/s1. The number of carbonyl (C=O) groups is 2. The van der Waals surface area contributed by atoms with Crippen LogP contribution in [0.25, 0.3) is 0 Å². The molecule has 1 heterocycles. The summed E-state index contributed by atoms with van der Waals surface area (Å²) in [6, 6.07) is 6.14. The maximum Gasteiger partial charge on any atom is 0.324 e. The highest BCUT2D eigenvalue weighted by molar-refractivity contribution is 6.01. The fourth-order valence-electron chi connectivity index (χ4n) is 2.13. The first-order chi connectivity index (χ1) is 9.58. The molecular weight excluding hydrogens is 261 g/mol. The van der Waals surface area contributed by atoms with Crippen LogP contribution in [0.15, 0.2) is 24.3 Å². The highest BCUT2D eigenvalue weighted by Gasteiger charge is 2.27. The van der Waals surface area contributed by atoms with Gasteiger partial charge in [0.15, 0.2) is 0 Å². The first-order valence-corrected chi connectivity index (χ1v) is 6.65. The summed E-state index contributed by atoms with van der Waals surface area (Å²) in [6.45, 7) is 3.08. The van der Waals surface area contributed by atoms with Gasteiger partial charge in [-0.2, -0.15) is 0 Å². The predicted molar refractivity (Wildman–Crippen MR) is 72.5 cm³/mol. The Morgan fingerprint density at radius 1 is 1.45 bits per heavy atom. The van der Waals surface area contributed by atoms with Crippen LogP contribution in [0.4, 0.5) is 9.18 Å². The van der Waals surface area contributed by atoms with E-state index >= 15 is 0 Å². The third kappa shape index (κ3) is 3.54. The van der Waals surface area contributed by atoms with Gasteiger partial charge in [0.05, 0.1) is 6.54 Å². The Bertz CT molecular complexity index is 491. The highest BCUT2D eigenvalue weighted by Crippen LogP contribution is 2.13. The molecule has 1 aromatic rings. The van der Waals surface area contributed by atoms with E-state index in [1.807, 2.05) is 13.0 Å². The van der Waals surface area contributed by atoms with Crippen LogP contribution in [-0.2, 0) is 4.79 Å². The Hall–Kier alpha value is -1.95. The second kappa shape index (κ2) is 6.47. The van der Waals surface area contributed by atoms with Gasteiger partial charge in [-0.3, -0.25) is 9.69 Å². The molecule has 1 fully saturated rings. The summed E-state index contributed by atoms with van der Waals surface area (Å²) in [5, 5.41) is 5.72. The van der Waals surface area contributed by atoms with Crippen molar-refractivity contribution in [2.24, 2.45) is 0 Å². The predicted octanol–water partition coefficient (Wildman–Crippen LogP) is 1.42. The SMILES string of the molecule is C[C@@H](NCCCN1C(=O)CNC1=O)c1cccc(F)c1. The van der Waals surface area contributed by atoms with Crippen molar-refractivity contribution in [3.63, 3.8) is 0 Å². The van der Waals surface area contributed by atoms with Crippen LogP contribution in [-0.4, -0.2) is 36.5 Å². The number of amides is 3. The Balaban J connectivity index is 1.73. The van der Waals surface area contributed by atoms with Crippen molar-refractivity contribution in [2.75, 3.05) is 19.6 Å². The Kier molecular flexibility index (Phi) is 4.68. The molecule has 1 aliphatic heterocycles. The third-order valence-electron chi connectivity index (χ3n) is 3.29. The zero-order valence-corrected chi connectivity index (χ0v) is 11.4. The van der Waals surface area contributed by atoms with Crippen molar-refractivity contribution in [3.05, 3.63) is 35.6 Å². The number of hydrogen-bond acceptors (Lipinski definition) is 3. The van der Waals surface area contributed by atoms with E-state index in [1.54, 1.807) is 6.07 Å². The lowest BCUT2D eigenvalue weighted by Gasteiger charge is -2.16. The Labute approximate surface area is 117 Å². The van der Waals surface area contributed by atoms with Crippen molar-refractivity contribution in [1.82, 2.24) is 15.5 Å². The number of benzene rings is 1. The van der Waals surface area contributed by atoms with Gasteiger partial charge in [0, 0.05) is 12.6 Å². The number of halogens is 1. The minimum atomic E-state index is -0.326. The lowest BCUT2D eigenvalue weighted by molar-refractivity contribution is -0.125. The Morgan fingerprint density at radius 2 is 2.25 bits per heavy atom. The van der Waals surface area contributed by atoms with E-state index in [-0.39, 0.29) is 30.3 Å². The summed E-state index contributed by atoms with van der Waals surface area (Å²) in [7, 11) is 0. The van der Waals surface area contributed by atoms with E-state index in [9.17, 15) is 14.0 Å². The zero-order valence-electron chi connectivity index (χ0n) is 11.4. The fraction of sp³-hybridized carbons (Fsp3) is 0.429. The molecular formula is C14H18FN3O2. The second-order valence-corrected chi connectivity index (χ2v) is 4.79. The van der Waals surface area contributed by atoms with E-state index in [0.29, 0.717) is 19.5 Å². The first kappa shape index (κ1) is 14.5. The van der Waals surface area contributed by atoms with Crippen molar-refractivity contribution in [2.45, 2.75) is 19.4 Å². The summed E-state index contributed by atoms with van der Waals surface area (Å²) in [5.41, 5.74) is 0.875. The minimum Gasteiger partial charge on any atom is -0.329 e. The summed E-state index contributed by atoms with van der Waals surface area (Å²) in [4.78, 5) is 23.9. The van der Waals surface area contributed by atoms with Gasteiger partial charge in [-0.15, -0.1) is 0 Å². The van der Waals surface area contributed by atoms with Gasteiger partial charge in [0.2, 0.25) is 5.91 Å². The van der Waals surface area contributed by atoms with Crippen molar-refractivity contribution in [1.29, 1.82) is 0 Å². The third-order valence-corrected chi connectivity index (χ3v) is 3.29. The number of nitrogens with one attached hydrogen (secondary N) is 2. The molecule has 108 valence electrons. The number of nitrogens with zero attached hydrogens (tertiary/aromatic N) is 1. The molecule has 2 rings (SSSR count). The van der Waals surface area contributed by atoms with E-state index in [1.165, 1.54) is 17.0 Å². The molecule has 5 nitrogen and oxygen atoms in total. The zero-order chi connectivity index (χ0) is 14.5. The number of rotatable bonds is 6. The molecule has 1 aliphatic rings. The average Bonchev–Trinajstić information content (AvgIpc) is 2.74. The van der Waals surface area contributed by atoms with Gasteiger partial charge in [-0.25, -0.2) is 9.18 Å². The molecule has 0 bridgehead atoms. The van der Waals surface area contributed by atoms with Gasteiger partial charge in [-0.05, 0) is 37.6 Å². The maximum atomic E-state index is 13.1. The van der Waals surface area contributed by atoms with E-state index in [2.05, 4.69) is 10.6 Å². The molecule has 0 aromatic heterocycles. The van der Waals surface area contributed by atoms with Crippen LogP contribution in [0.2, 0.25) is 0 Å². The van der Waals surface area contributed by atoms with Crippen molar-refractivity contribution in [3.8, 4) is 0 Å². The minimum absolute atomic E-state index is 0.0220. The van der Waals surface area contributed by atoms with E-state index in [4.69, 9.17) is 0 Å². The lowest BCUT2D eigenvalue weighted by Crippen LogP contribution is -2.33. The van der Waals surface area contributed by atoms with Crippen LogP contribution < -0.4 is 10.6 Å². The first-order valence-electron chi connectivity index (χ1n) is 6.65. The topological polar surface area (TPSA) is 61.4 Å². The fourth-order valence-corrected chi connectivity index (χ4v) is 2.13. The van der Waals surface area contributed by atoms with Gasteiger partial charge < -0.3 is 10.6 Å². The normalized spacial score (nSPS) is 16.4. The van der Waals surface area contributed by atoms with Gasteiger partial charge in [0.25, 0.3) is 0 Å². The average molecular weight is 279 g/mol. The van der Waals surface area contributed by atoms with Crippen LogP contribution in [0, 0.1) is 5.82 Å². The summed E-state index contributed by atoms with van der Waals surface area (Å²) in [6.07, 6.45) is 0.665. The summed E-state index contributed by atoms with van der Waals surface area (Å²) in [5.74, 6) is -0.441. The molecule has 1 aromatic carbocycles. The van der Waals surface area contributed by atoms with Crippen LogP contribution >= 0.6 is 0 Å². The second-order valence-electron chi connectivity index (χ2n) is 4.79. The Morgan fingerprint density at radius 3 is 2.90 bits per heavy atom. The number of imide groups is 1. The molecule has 0 unspecified atom stereocenters. The maximum absolute atomic E-state index is 13.1. The molecule has 3 amide bonds. The number of urea groups is 1. The van der Waals surface area contributed by atoms with Crippen LogP contribution in [0.1, 0.15) is 24.9 Å². The van der Waals surface area contributed by atoms with E-state index in [0.717, 1.165) is 5.56 Å². The molecule has 0 spiro atoms.